The Balaban J connectivity index is 2.02. The number of hydrogen-bond donors (Lipinski definition) is 1. The first-order valence-electron chi connectivity index (χ1n) is 4.45. The van der Waals surface area contributed by atoms with Gasteiger partial charge in [-0.25, -0.2) is 4.98 Å². The zero-order valence-corrected chi connectivity index (χ0v) is 9.77. The third kappa shape index (κ3) is 2.53. The van der Waals surface area contributed by atoms with Crippen molar-refractivity contribution in [2.75, 3.05) is 5.32 Å². The number of pyridine rings is 1. The average molecular weight is 268 g/mol. The highest BCUT2D eigenvalue weighted by Gasteiger charge is 2.01. The highest BCUT2D eigenvalue weighted by Crippen LogP contribution is 2.18. The number of rotatable bonds is 3. The Hall–Kier alpha value is -1.43. The van der Waals surface area contributed by atoms with Crippen molar-refractivity contribution < 1.29 is 0 Å². The standard InChI is InChI=1S/C9H10BrN5/c1-15-6-7(13-14-15)5-12-9-8(10)3-2-4-11-9/h2-4,6H,5H2,1H3,(H,11,12). The van der Waals surface area contributed by atoms with Crippen LogP contribution in [-0.2, 0) is 13.6 Å². The van der Waals surface area contributed by atoms with Crippen LogP contribution < -0.4 is 5.32 Å². The molecule has 0 aliphatic carbocycles. The molecule has 0 amide bonds. The lowest BCUT2D eigenvalue weighted by atomic mass is 10.4. The Bertz CT molecular complexity index is 453. The SMILES string of the molecule is Cn1cc(CNc2ncccc2Br)nn1. The molecule has 0 bridgehead atoms. The van der Waals surface area contributed by atoms with Crippen LogP contribution in [0.2, 0.25) is 0 Å². The Kier molecular flexibility index (Phi) is 2.96. The van der Waals surface area contributed by atoms with E-state index in [-0.39, 0.29) is 0 Å². The summed E-state index contributed by atoms with van der Waals surface area (Å²) >= 11 is 3.41. The molecule has 0 aromatic carbocycles. The summed E-state index contributed by atoms with van der Waals surface area (Å²) in [4.78, 5) is 4.19. The van der Waals surface area contributed by atoms with E-state index in [2.05, 4.69) is 36.5 Å². The van der Waals surface area contributed by atoms with Crippen molar-refractivity contribution in [2.24, 2.45) is 7.05 Å². The average Bonchev–Trinajstić information content (AvgIpc) is 2.63. The summed E-state index contributed by atoms with van der Waals surface area (Å²) in [5.41, 5.74) is 0.884. The van der Waals surface area contributed by atoms with Gasteiger partial charge in [0.15, 0.2) is 0 Å². The van der Waals surface area contributed by atoms with Crippen LogP contribution in [0.4, 0.5) is 5.82 Å². The topological polar surface area (TPSA) is 55.6 Å². The minimum Gasteiger partial charge on any atom is -0.363 e. The van der Waals surface area contributed by atoms with Gasteiger partial charge in [-0.3, -0.25) is 4.68 Å². The van der Waals surface area contributed by atoms with E-state index in [1.807, 2.05) is 25.4 Å². The van der Waals surface area contributed by atoms with Gasteiger partial charge in [-0.05, 0) is 28.1 Å². The van der Waals surface area contributed by atoms with Crippen LogP contribution >= 0.6 is 15.9 Å². The van der Waals surface area contributed by atoms with Crippen molar-refractivity contribution >= 4 is 21.7 Å². The highest BCUT2D eigenvalue weighted by atomic mass is 79.9. The predicted octanol–water partition coefficient (Wildman–Crippen LogP) is 1.58. The molecule has 0 spiro atoms. The lowest BCUT2D eigenvalue weighted by Crippen LogP contribution is -2.02. The van der Waals surface area contributed by atoms with Gasteiger partial charge in [0.1, 0.15) is 11.5 Å². The molecule has 0 fully saturated rings. The maximum Gasteiger partial charge on any atom is 0.140 e. The van der Waals surface area contributed by atoms with Gasteiger partial charge in [0.25, 0.3) is 0 Å². The summed E-state index contributed by atoms with van der Waals surface area (Å²) in [7, 11) is 1.84. The lowest BCUT2D eigenvalue weighted by molar-refractivity contribution is 0.713. The molecule has 2 rings (SSSR count). The van der Waals surface area contributed by atoms with Crippen molar-refractivity contribution in [3.8, 4) is 0 Å². The molecule has 1 N–H and O–H groups in total. The zero-order valence-electron chi connectivity index (χ0n) is 8.18. The minimum absolute atomic E-state index is 0.615. The Morgan fingerprint density at radius 2 is 2.40 bits per heavy atom. The second-order valence-electron chi connectivity index (χ2n) is 3.07. The third-order valence-corrected chi connectivity index (χ3v) is 2.49. The van der Waals surface area contributed by atoms with E-state index < -0.39 is 0 Å². The van der Waals surface area contributed by atoms with Gasteiger partial charge in [0.05, 0.1) is 11.0 Å². The molecule has 6 heteroatoms. The van der Waals surface area contributed by atoms with Crippen LogP contribution in [0.1, 0.15) is 5.69 Å². The summed E-state index contributed by atoms with van der Waals surface area (Å²) < 4.78 is 2.61. The molecule has 0 unspecified atom stereocenters. The van der Waals surface area contributed by atoms with E-state index in [4.69, 9.17) is 0 Å². The number of nitrogens with zero attached hydrogens (tertiary/aromatic N) is 4. The van der Waals surface area contributed by atoms with E-state index in [0.29, 0.717) is 6.54 Å². The number of halogens is 1. The number of aromatic nitrogens is 4. The fraction of sp³-hybridized carbons (Fsp3) is 0.222. The maximum atomic E-state index is 4.19. The summed E-state index contributed by atoms with van der Waals surface area (Å²) in [6, 6.07) is 3.81. The van der Waals surface area contributed by atoms with Crippen LogP contribution in [0, 0.1) is 0 Å². The predicted molar refractivity (Wildman–Crippen MR) is 60.3 cm³/mol. The molecule has 0 aliphatic rings. The normalized spacial score (nSPS) is 10.3. The molecule has 15 heavy (non-hydrogen) atoms. The molecule has 0 aliphatic heterocycles. The van der Waals surface area contributed by atoms with Crippen molar-refractivity contribution in [1.29, 1.82) is 0 Å². The highest BCUT2D eigenvalue weighted by molar-refractivity contribution is 9.10. The molecule has 5 nitrogen and oxygen atoms in total. The zero-order chi connectivity index (χ0) is 10.7. The molecule has 2 aromatic heterocycles. The van der Waals surface area contributed by atoms with Crippen molar-refractivity contribution in [3.63, 3.8) is 0 Å². The summed E-state index contributed by atoms with van der Waals surface area (Å²) in [6.45, 7) is 0.615. The third-order valence-electron chi connectivity index (χ3n) is 1.85. The summed E-state index contributed by atoms with van der Waals surface area (Å²) in [6.07, 6.45) is 3.60. The smallest absolute Gasteiger partial charge is 0.140 e. The van der Waals surface area contributed by atoms with Gasteiger partial charge >= 0.3 is 0 Å². The Labute approximate surface area is 95.7 Å². The largest absolute Gasteiger partial charge is 0.363 e. The van der Waals surface area contributed by atoms with Crippen molar-refractivity contribution in [3.05, 3.63) is 34.7 Å². The van der Waals surface area contributed by atoms with Crippen molar-refractivity contribution in [1.82, 2.24) is 20.0 Å². The van der Waals surface area contributed by atoms with Gasteiger partial charge in [-0.2, -0.15) is 0 Å². The van der Waals surface area contributed by atoms with E-state index in [9.17, 15) is 0 Å². The van der Waals surface area contributed by atoms with E-state index in [1.54, 1.807) is 10.9 Å². The molecule has 0 saturated heterocycles. The van der Waals surface area contributed by atoms with Gasteiger partial charge in [0, 0.05) is 19.4 Å². The fourth-order valence-electron chi connectivity index (χ4n) is 1.17. The van der Waals surface area contributed by atoms with Crippen LogP contribution in [0.5, 0.6) is 0 Å². The lowest BCUT2D eigenvalue weighted by Gasteiger charge is -2.04. The molecule has 0 atom stereocenters. The molecule has 0 radical (unpaired) electrons. The fourth-order valence-corrected chi connectivity index (χ4v) is 1.56. The summed E-state index contributed by atoms with van der Waals surface area (Å²) in [5, 5.41) is 11.0. The van der Waals surface area contributed by atoms with Crippen LogP contribution in [0.15, 0.2) is 29.0 Å². The Morgan fingerprint density at radius 3 is 3.07 bits per heavy atom. The summed E-state index contributed by atoms with van der Waals surface area (Å²) in [5.74, 6) is 0.808. The van der Waals surface area contributed by atoms with E-state index in [1.165, 1.54) is 0 Å². The number of aryl methyl sites for hydroxylation is 1. The van der Waals surface area contributed by atoms with Crippen LogP contribution in [-0.4, -0.2) is 20.0 Å². The van der Waals surface area contributed by atoms with Gasteiger partial charge in [0.2, 0.25) is 0 Å². The van der Waals surface area contributed by atoms with Gasteiger partial charge in [-0.1, -0.05) is 5.21 Å². The first-order valence-corrected chi connectivity index (χ1v) is 5.24. The van der Waals surface area contributed by atoms with E-state index in [0.717, 1.165) is 16.0 Å². The number of hydrogen-bond acceptors (Lipinski definition) is 4. The first-order chi connectivity index (χ1) is 7.25. The minimum atomic E-state index is 0.615. The second kappa shape index (κ2) is 4.39. The molecule has 78 valence electrons. The van der Waals surface area contributed by atoms with Crippen LogP contribution in [0.3, 0.4) is 0 Å². The first kappa shape index (κ1) is 10.1. The maximum absolute atomic E-state index is 4.19. The number of nitrogens with one attached hydrogen (secondary N) is 1. The molecular formula is C9H10BrN5. The van der Waals surface area contributed by atoms with Gasteiger partial charge in [-0.15, -0.1) is 5.10 Å². The van der Waals surface area contributed by atoms with E-state index >= 15 is 0 Å². The molecule has 2 aromatic rings. The Morgan fingerprint density at radius 1 is 1.53 bits per heavy atom. The second-order valence-corrected chi connectivity index (χ2v) is 3.93. The molecular weight excluding hydrogens is 258 g/mol. The van der Waals surface area contributed by atoms with Crippen LogP contribution in [0.25, 0.3) is 0 Å². The van der Waals surface area contributed by atoms with Crippen molar-refractivity contribution in [2.45, 2.75) is 6.54 Å². The number of anilines is 1. The monoisotopic (exact) mass is 267 g/mol. The quantitative estimate of drug-likeness (QED) is 0.918. The molecule has 2 heterocycles. The molecule has 0 saturated carbocycles. The van der Waals surface area contributed by atoms with Gasteiger partial charge < -0.3 is 5.32 Å².